The Balaban J connectivity index is 2.38. The van der Waals surface area contributed by atoms with Crippen molar-refractivity contribution in [3.8, 4) is 11.1 Å². The van der Waals surface area contributed by atoms with Gasteiger partial charge in [-0.1, -0.05) is 49.4 Å². The number of benzene rings is 2. The van der Waals surface area contributed by atoms with Crippen molar-refractivity contribution in [1.82, 2.24) is 0 Å². The lowest BCUT2D eigenvalue weighted by atomic mass is 9.95. The predicted octanol–water partition coefficient (Wildman–Crippen LogP) is 3.53. The molecule has 0 bridgehead atoms. The molecule has 110 valence electrons. The maximum Gasteiger partial charge on any atom is 0.338 e. The maximum atomic E-state index is 12.9. The molecule has 21 heavy (non-hydrogen) atoms. The summed E-state index contributed by atoms with van der Waals surface area (Å²) in [5.74, 6) is -0.989. The Hall–Kier alpha value is -2.20. The van der Waals surface area contributed by atoms with Crippen LogP contribution in [0.3, 0.4) is 0 Å². The average Bonchev–Trinajstić information content (AvgIpc) is 2.53. The molecule has 1 N–H and O–H groups in total. The Kier molecular flexibility index (Phi) is 4.70. The highest BCUT2D eigenvalue weighted by atomic mass is 19.1. The zero-order valence-corrected chi connectivity index (χ0v) is 11.9. The van der Waals surface area contributed by atoms with E-state index in [4.69, 9.17) is 9.84 Å². The first-order chi connectivity index (χ1) is 10.0. The van der Waals surface area contributed by atoms with Gasteiger partial charge in [0.1, 0.15) is 0 Å². The third-order valence-electron chi connectivity index (χ3n) is 3.49. The summed E-state index contributed by atoms with van der Waals surface area (Å²) in [6, 6.07) is 14.2. The Bertz CT molecular complexity index is 620. The molecule has 0 fully saturated rings. The van der Waals surface area contributed by atoms with Gasteiger partial charge in [0.15, 0.2) is 0 Å². The molecule has 0 radical (unpaired) electrons. The van der Waals surface area contributed by atoms with Gasteiger partial charge in [0.2, 0.25) is 6.36 Å². The standard InChI is InChI=1S/C17H17FO3/c1-11(16(18)19)12-7-9-13(10-8-12)14-5-3-4-6-15(14)17(20)21-2/h3-11,16,19H,1-2H3. The van der Waals surface area contributed by atoms with Gasteiger partial charge >= 0.3 is 5.97 Å². The van der Waals surface area contributed by atoms with Crippen LogP contribution < -0.4 is 0 Å². The largest absolute Gasteiger partial charge is 0.465 e. The SMILES string of the molecule is COC(=O)c1ccccc1-c1ccc(C(C)C(O)F)cc1. The van der Waals surface area contributed by atoms with Crippen LogP contribution in [0.2, 0.25) is 0 Å². The summed E-state index contributed by atoms with van der Waals surface area (Å²) >= 11 is 0. The fourth-order valence-electron chi connectivity index (χ4n) is 2.15. The second kappa shape index (κ2) is 6.50. The normalized spacial score (nSPS) is 13.5. The third kappa shape index (κ3) is 3.28. The van der Waals surface area contributed by atoms with Crippen LogP contribution in [0.15, 0.2) is 48.5 Å². The number of methoxy groups -OCH3 is 1. The second-order valence-electron chi connectivity index (χ2n) is 4.82. The number of hydrogen-bond acceptors (Lipinski definition) is 3. The van der Waals surface area contributed by atoms with Gasteiger partial charge in [0.25, 0.3) is 0 Å². The summed E-state index contributed by atoms with van der Waals surface area (Å²) in [6.07, 6.45) is -1.89. The minimum Gasteiger partial charge on any atom is -0.465 e. The first-order valence-electron chi connectivity index (χ1n) is 6.64. The van der Waals surface area contributed by atoms with E-state index in [9.17, 15) is 9.18 Å². The lowest BCUT2D eigenvalue weighted by Gasteiger charge is -2.13. The van der Waals surface area contributed by atoms with Gasteiger partial charge in [-0.2, -0.15) is 0 Å². The summed E-state index contributed by atoms with van der Waals surface area (Å²) in [5, 5.41) is 8.98. The summed E-state index contributed by atoms with van der Waals surface area (Å²) in [6.45, 7) is 1.61. The number of alkyl halides is 1. The van der Waals surface area contributed by atoms with Crippen LogP contribution in [-0.4, -0.2) is 24.5 Å². The molecule has 0 aliphatic heterocycles. The van der Waals surface area contributed by atoms with E-state index in [1.165, 1.54) is 7.11 Å². The van der Waals surface area contributed by atoms with Crippen LogP contribution in [0.1, 0.15) is 28.8 Å². The van der Waals surface area contributed by atoms with Crippen LogP contribution >= 0.6 is 0 Å². The molecule has 2 atom stereocenters. The van der Waals surface area contributed by atoms with Crippen LogP contribution in [0, 0.1) is 0 Å². The van der Waals surface area contributed by atoms with Crippen LogP contribution in [0.5, 0.6) is 0 Å². The average molecular weight is 288 g/mol. The van der Waals surface area contributed by atoms with Gasteiger partial charge in [-0.25, -0.2) is 9.18 Å². The summed E-state index contributed by atoms with van der Waals surface area (Å²) in [4.78, 5) is 11.8. The number of carbonyl (C=O) groups excluding carboxylic acids is 1. The second-order valence-corrected chi connectivity index (χ2v) is 4.82. The molecule has 0 aliphatic rings. The van der Waals surface area contributed by atoms with Gasteiger partial charge in [-0.15, -0.1) is 0 Å². The zero-order valence-electron chi connectivity index (χ0n) is 11.9. The maximum absolute atomic E-state index is 12.9. The minimum atomic E-state index is -1.89. The molecule has 0 amide bonds. The Morgan fingerprint density at radius 2 is 1.76 bits per heavy atom. The Morgan fingerprint density at radius 1 is 1.14 bits per heavy atom. The molecule has 0 aliphatic carbocycles. The lowest BCUT2D eigenvalue weighted by Crippen LogP contribution is -2.09. The van der Waals surface area contributed by atoms with Gasteiger partial charge < -0.3 is 9.84 Å². The van der Waals surface area contributed by atoms with Crippen molar-refractivity contribution in [2.75, 3.05) is 7.11 Å². The number of rotatable bonds is 4. The van der Waals surface area contributed by atoms with Crippen molar-refractivity contribution in [3.05, 3.63) is 59.7 Å². The van der Waals surface area contributed by atoms with E-state index < -0.39 is 18.2 Å². The molecule has 2 rings (SSSR count). The van der Waals surface area contributed by atoms with E-state index >= 15 is 0 Å². The molecular formula is C17H17FO3. The Labute approximate surface area is 123 Å². The lowest BCUT2D eigenvalue weighted by molar-refractivity contribution is 0.0216. The smallest absolute Gasteiger partial charge is 0.338 e. The zero-order chi connectivity index (χ0) is 15.4. The van der Waals surface area contributed by atoms with Crippen LogP contribution in [-0.2, 0) is 4.74 Å². The van der Waals surface area contributed by atoms with Crippen molar-refractivity contribution >= 4 is 5.97 Å². The molecule has 0 aromatic heterocycles. The number of halogens is 1. The van der Waals surface area contributed by atoms with Crippen molar-refractivity contribution in [2.24, 2.45) is 0 Å². The van der Waals surface area contributed by atoms with E-state index in [-0.39, 0.29) is 0 Å². The molecule has 2 aromatic carbocycles. The first kappa shape index (κ1) is 15.2. The first-order valence-corrected chi connectivity index (χ1v) is 6.64. The summed E-state index contributed by atoms with van der Waals surface area (Å²) in [5.41, 5.74) is 2.76. The number of esters is 1. The van der Waals surface area contributed by atoms with E-state index in [2.05, 4.69) is 0 Å². The number of ether oxygens (including phenoxy) is 1. The molecule has 0 spiro atoms. The number of aliphatic hydroxyl groups is 1. The van der Waals surface area contributed by atoms with E-state index in [1.54, 1.807) is 43.3 Å². The van der Waals surface area contributed by atoms with Crippen molar-refractivity contribution in [2.45, 2.75) is 19.2 Å². The van der Waals surface area contributed by atoms with Crippen molar-refractivity contribution < 1.29 is 19.0 Å². The van der Waals surface area contributed by atoms with E-state index in [0.717, 1.165) is 11.1 Å². The van der Waals surface area contributed by atoms with Crippen LogP contribution in [0.4, 0.5) is 4.39 Å². The van der Waals surface area contributed by atoms with E-state index in [1.807, 2.05) is 12.1 Å². The highest BCUT2D eigenvalue weighted by Crippen LogP contribution is 2.27. The topological polar surface area (TPSA) is 46.5 Å². The number of aliphatic hydroxyl groups excluding tert-OH is 1. The van der Waals surface area contributed by atoms with Gasteiger partial charge in [-0.05, 0) is 22.8 Å². The molecule has 0 saturated carbocycles. The van der Waals surface area contributed by atoms with Gasteiger partial charge in [0.05, 0.1) is 12.7 Å². The summed E-state index contributed by atoms with van der Waals surface area (Å²) < 4.78 is 17.7. The monoisotopic (exact) mass is 288 g/mol. The number of carbonyl (C=O) groups is 1. The molecule has 2 unspecified atom stereocenters. The van der Waals surface area contributed by atoms with E-state index in [0.29, 0.717) is 11.1 Å². The quantitative estimate of drug-likeness (QED) is 0.875. The fourth-order valence-corrected chi connectivity index (χ4v) is 2.15. The fraction of sp³-hybridized carbons (Fsp3) is 0.235. The molecule has 3 nitrogen and oxygen atoms in total. The van der Waals surface area contributed by atoms with Crippen LogP contribution in [0.25, 0.3) is 11.1 Å². The van der Waals surface area contributed by atoms with Crippen molar-refractivity contribution in [3.63, 3.8) is 0 Å². The van der Waals surface area contributed by atoms with Gasteiger partial charge in [-0.3, -0.25) is 0 Å². The number of hydrogen-bond donors (Lipinski definition) is 1. The highest BCUT2D eigenvalue weighted by molar-refractivity contribution is 5.97. The highest BCUT2D eigenvalue weighted by Gasteiger charge is 2.16. The van der Waals surface area contributed by atoms with Gasteiger partial charge in [0, 0.05) is 5.92 Å². The molecule has 4 heteroatoms. The molecule has 2 aromatic rings. The summed E-state index contributed by atoms with van der Waals surface area (Å²) in [7, 11) is 1.34. The Morgan fingerprint density at radius 3 is 2.33 bits per heavy atom. The molecular weight excluding hydrogens is 271 g/mol. The molecule has 0 heterocycles. The minimum absolute atomic E-state index is 0.401. The predicted molar refractivity (Wildman–Crippen MR) is 78.7 cm³/mol. The molecule has 0 saturated heterocycles. The third-order valence-corrected chi connectivity index (χ3v) is 3.49. The van der Waals surface area contributed by atoms with Crippen molar-refractivity contribution in [1.29, 1.82) is 0 Å².